The highest BCUT2D eigenvalue weighted by atomic mass is 16.6. The zero-order valence-electron chi connectivity index (χ0n) is 6.06. The Hall–Kier alpha value is -1.17. The molecule has 0 spiro atoms. The summed E-state index contributed by atoms with van der Waals surface area (Å²) in [6, 6.07) is -2.04. The predicted octanol–water partition coefficient (Wildman–Crippen LogP) is -0.546. The predicted molar refractivity (Wildman–Crippen MR) is 36.7 cm³/mol. The van der Waals surface area contributed by atoms with Crippen LogP contribution >= 0.6 is 0 Å². The van der Waals surface area contributed by atoms with Crippen molar-refractivity contribution in [2.45, 2.75) is 25.4 Å². The molecular weight excluding hydrogens is 152 g/mol. The van der Waals surface area contributed by atoms with Crippen LogP contribution in [0.25, 0.3) is 0 Å². The SMILES string of the molecule is CC(CC(N)C(=O)O)[N+](=O)[O-]. The molecular formula is C5H10N2O4. The van der Waals surface area contributed by atoms with Crippen molar-refractivity contribution in [3.63, 3.8) is 0 Å². The molecule has 0 saturated carbocycles. The van der Waals surface area contributed by atoms with E-state index >= 15 is 0 Å². The molecule has 0 rings (SSSR count). The quantitative estimate of drug-likeness (QED) is 0.426. The van der Waals surface area contributed by atoms with Crippen molar-refractivity contribution in [2.24, 2.45) is 5.73 Å². The summed E-state index contributed by atoms with van der Waals surface area (Å²) in [5, 5.41) is 18.3. The smallest absolute Gasteiger partial charge is 0.320 e. The molecule has 11 heavy (non-hydrogen) atoms. The van der Waals surface area contributed by atoms with Crippen LogP contribution in [0.1, 0.15) is 13.3 Å². The third-order valence-corrected chi connectivity index (χ3v) is 1.27. The van der Waals surface area contributed by atoms with E-state index in [0.29, 0.717) is 0 Å². The monoisotopic (exact) mass is 162 g/mol. The Bertz CT molecular complexity index is 152. The van der Waals surface area contributed by atoms with Gasteiger partial charge in [-0.2, -0.15) is 0 Å². The lowest BCUT2D eigenvalue weighted by atomic mass is 10.1. The fraction of sp³-hybridized carbons (Fsp3) is 0.800. The van der Waals surface area contributed by atoms with Crippen LogP contribution in [0.4, 0.5) is 0 Å². The van der Waals surface area contributed by atoms with Gasteiger partial charge >= 0.3 is 5.97 Å². The molecule has 0 radical (unpaired) electrons. The molecule has 0 aromatic rings. The summed E-state index contributed by atoms with van der Waals surface area (Å²) in [6.07, 6.45) is -0.137. The zero-order chi connectivity index (χ0) is 9.02. The summed E-state index contributed by atoms with van der Waals surface area (Å²) in [5.74, 6) is -1.21. The van der Waals surface area contributed by atoms with Crippen molar-refractivity contribution in [1.29, 1.82) is 0 Å². The van der Waals surface area contributed by atoms with Gasteiger partial charge in [0.2, 0.25) is 6.04 Å². The second kappa shape index (κ2) is 3.87. The van der Waals surface area contributed by atoms with Crippen LogP contribution in [0.15, 0.2) is 0 Å². The van der Waals surface area contributed by atoms with Crippen LogP contribution in [0.2, 0.25) is 0 Å². The number of hydrogen-bond donors (Lipinski definition) is 2. The van der Waals surface area contributed by atoms with Gasteiger partial charge in [-0.1, -0.05) is 0 Å². The van der Waals surface area contributed by atoms with E-state index in [1.54, 1.807) is 0 Å². The molecule has 0 aromatic heterocycles. The first-order valence-corrected chi connectivity index (χ1v) is 3.07. The van der Waals surface area contributed by atoms with Gasteiger partial charge in [-0.3, -0.25) is 14.9 Å². The van der Waals surface area contributed by atoms with Crippen LogP contribution in [0.3, 0.4) is 0 Å². The molecule has 6 nitrogen and oxygen atoms in total. The Morgan fingerprint density at radius 2 is 2.27 bits per heavy atom. The lowest BCUT2D eigenvalue weighted by Gasteiger charge is -2.06. The molecule has 0 heterocycles. The third kappa shape index (κ3) is 3.51. The number of nitrogens with two attached hydrogens (primary N) is 1. The van der Waals surface area contributed by atoms with E-state index in [1.165, 1.54) is 6.92 Å². The Kier molecular flexibility index (Phi) is 3.46. The minimum Gasteiger partial charge on any atom is -0.480 e. The Balaban J connectivity index is 3.84. The first-order valence-electron chi connectivity index (χ1n) is 3.07. The van der Waals surface area contributed by atoms with Gasteiger partial charge in [-0.05, 0) is 0 Å². The first-order chi connectivity index (χ1) is 4.95. The number of nitrogens with zero attached hydrogens (tertiary/aromatic N) is 1. The zero-order valence-corrected chi connectivity index (χ0v) is 6.06. The van der Waals surface area contributed by atoms with Crippen LogP contribution in [0.5, 0.6) is 0 Å². The minimum absolute atomic E-state index is 0.137. The highest BCUT2D eigenvalue weighted by Gasteiger charge is 2.21. The molecule has 0 aliphatic heterocycles. The van der Waals surface area contributed by atoms with E-state index in [9.17, 15) is 14.9 Å². The summed E-state index contributed by atoms with van der Waals surface area (Å²) in [7, 11) is 0. The van der Waals surface area contributed by atoms with E-state index in [-0.39, 0.29) is 6.42 Å². The van der Waals surface area contributed by atoms with Crippen LogP contribution in [-0.2, 0) is 4.79 Å². The van der Waals surface area contributed by atoms with Crippen molar-refractivity contribution >= 4 is 5.97 Å². The maximum absolute atomic E-state index is 10.1. The lowest BCUT2D eigenvalue weighted by Crippen LogP contribution is -2.35. The molecule has 3 N–H and O–H groups in total. The van der Waals surface area contributed by atoms with Gasteiger partial charge in [0.25, 0.3) is 0 Å². The summed E-state index contributed by atoms with van der Waals surface area (Å²) < 4.78 is 0. The van der Waals surface area contributed by atoms with Crippen molar-refractivity contribution in [2.75, 3.05) is 0 Å². The van der Waals surface area contributed by atoms with E-state index < -0.39 is 23.0 Å². The Labute approximate surface area is 63.1 Å². The molecule has 0 amide bonds. The minimum atomic E-state index is -1.21. The number of rotatable bonds is 4. The first kappa shape index (κ1) is 9.83. The average Bonchev–Trinajstić information content (AvgIpc) is 1.87. The van der Waals surface area contributed by atoms with Gasteiger partial charge < -0.3 is 10.8 Å². The molecule has 0 aromatic carbocycles. The Morgan fingerprint density at radius 1 is 1.82 bits per heavy atom. The highest BCUT2D eigenvalue weighted by Crippen LogP contribution is 1.98. The fourth-order valence-electron chi connectivity index (χ4n) is 0.554. The van der Waals surface area contributed by atoms with E-state index in [2.05, 4.69) is 0 Å². The van der Waals surface area contributed by atoms with Crippen LogP contribution in [0, 0.1) is 10.1 Å². The molecule has 6 heteroatoms. The molecule has 2 atom stereocenters. The Morgan fingerprint density at radius 3 is 2.55 bits per heavy atom. The van der Waals surface area contributed by atoms with Crippen molar-refractivity contribution in [3.05, 3.63) is 10.1 Å². The number of carboxylic acids is 1. The normalized spacial score (nSPS) is 15.5. The maximum atomic E-state index is 10.1. The average molecular weight is 162 g/mol. The molecule has 0 saturated heterocycles. The summed E-state index contributed by atoms with van der Waals surface area (Å²) in [6.45, 7) is 1.32. The summed E-state index contributed by atoms with van der Waals surface area (Å²) in [5.41, 5.74) is 5.05. The van der Waals surface area contributed by atoms with Gasteiger partial charge in [0.05, 0.1) is 0 Å². The van der Waals surface area contributed by atoms with Crippen LogP contribution < -0.4 is 5.73 Å². The van der Waals surface area contributed by atoms with Gasteiger partial charge in [-0.25, -0.2) is 0 Å². The number of nitro groups is 1. The van der Waals surface area contributed by atoms with E-state index in [1.807, 2.05) is 0 Å². The second-order valence-corrected chi connectivity index (χ2v) is 2.31. The standard InChI is InChI=1S/C5H10N2O4/c1-3(7(10)11)2-4(6)5(8)9/h3-4H,2,6H2,1H3,(H,8,9). The van der Waals surface area contributed by atoms with Crippen LogP contribution in [-0.4, -0.2) is 28.1 Å². The van der Waals surface area contributed by atoms with E-state index in [4.69, 9.17) is 10.8 Å². The molecule has 0 aliphatic carbocycles. The fourth-order valence-corrected chi connectivity index (χ4v) is 0.554. The number of hydrogen-bond acceptors (Lipinski definition) is 4. The molecule has 0 fully saturated rings. The second-order valence-electron chi connectivity index (χ2n) is 2.31. The largest absolute Gasteiger partial charge is 0.480 e. The van der Waals surface area contributed by atoms with Gasteiger partial charge in [0.15, 0.2) is 0 Å². The summed E-state index contributed by atoms with van der Waals surface area (Å²) in [4.78, 5) is 19.6. The number of carbonyl (C=O) groups is 1. The molecule has 64 valence electrons. The molecule has 2 unspecified atom stereocenters. The lowest BCUT2D eigenvalue weighted by molar-refractivity contribution is -0.519. The number of carboxylic acid groups (broad SMARTS) is 1. The van der Waals surface area contributed by atoms with Gasteiger partial charge in [0.1, 0.15) is 6.04 Å². The van der Waals surface area contributed by atoms with Gasteiger partial charge in [0, 0.05) is 18.3 Å². The maximum Gasteiger partial charge on any atom is 0.320 e. The highest BCUT2D eigenvalue weighted by molar-refractivity contribution is 5.73. The number of aliphatic carboxylic acids is 1. The van der Waals surface area contributed by atoms with Crippen molar-refractivity contribution in [1.82, 2.24) is 0 Å². The van der Waals surface area contributed by atoms with Crippen molar-refractivity contribution < 1.29 is 14.8 Å². The van der Waals surface area contributed by atoms with Gasteiger partial charge in [-0.15, -0.1) is 0 Å². The molecule has 0 bridgehead atoms. The topological polar surface area (TPSA) is 106 Å². The molecule has 0 aliphatic rings. The summed E-state index contributed by atoms with van der Waals surface area (Å²) >= 11 is 0. The third-order valence-electron chi connectivity index (χ3n) is 1.27. The van der Waals surface area contributed by atoms with Crippen molar-refractivity contribution in [3.8, 4) is 0 Å². The van der Waals surface area contributed by atoms with E-state index in [0.717, 1.165) is 0 Å².